The van der Waals surface area contributed by atoms with Gasteiger partial charge in [-0.05, 0) is 23.5 Å². The van der Waals surface area contributed by atoms with E-state index in [1.807, 2.05) is 18.2 Å². The van der Waals surface area contributed by atoms with Crippen LogP contribution in [0.4, 0.5) is 0 Å². The van der Waals surface area contributed by atoms with Crippen molar-refractivity contribution in [2.45, 2.75) is 27.2 Å². The number of rotatable bonds is 2. The Morgan fingerprint density at radius 2 is 1.80 bits per heavy atom. The third-order valence-electron chi connectivity index (χ3n) is 2.00. The molecule has 0 aliphatic rings. The zero-order chi connectivity index (χ0) is 10.8. The Morgan fingerprint density at radius 1 is 1.27 bits per heavy atom. The molecule has 0 unspecified atom stereocenters. The summed E-state index contributed by atoms with van der Waals surface area (Å²) < 4.78 is 0. The molecular formula is C12H18ClNO. The van der Waals surface area contributed by atoms with Crippen LogP contribution in [-0.4, -0.2) is 5.91 Å². The van der Waals surface area contributed by atoms with Gasteiger partial charge >= 0.3 is 0 Å². The van der Waals surface area contributed by atoms with E-state index in [0.29, 0.717) is 5.56 Å². The van der Waals surface area contributed by atoms with E-state index in [0.717, 1.165) is 12.0 Å². The van der Waals surface area contributed by atoms with Crippen molar-refractivity contribution in [1.29, 1.82) is 0 Å². The van der Waals surface area contributed by atoms with Gasteiger partial charge in [-0.25, -0.2) is 0 Å². The van der Waals surface area contributed by atoms with Crippen molar-refractivity contribution in [2.75, 3.05) is 0 Å². The average Bonchev–Trinajstić information content (AvgIpc) is 2.01. The fraction of sp³-hybridized carbons (Fsp3) is 0.417. The van der Waals surface area contributed by atoms with Crippen molar-refractivity contribution in [3.8, 4) is 0 Å². The Balaban J connectivity index is 0.00000196. The molecule has 0 saturated carbocycles. The number of carbonyl (C=O) groups excluding carboxylic acids is 1. The van der Waals surface area contributed by atoms with E-state index in [2.05, 4.69) is 20.8 Å². The maximum absolute atomic E-state index is 11.1. The summed E-state index contributed by atoms with van der Waals surface area (Å²) in [6.45, 7) is 6.43. The molecule has 0 heterocycles. The third kappa shape index (κ3) is 4.34. The Morgan fingerprint density at radius 3 is 2.27 bits per heavy atom. The fourth-order valence-electron chi connectivity index (χ4n) is 1.49. The molecule has 0 bridgehead atoms. The summed E-state index contributed by atoms with van der Waals surface area (Å²) in [5, 5.41) is 0. The molecule has 2 nitrogen and oxygen atoms in total. The van der Waals surface area contributed by atoms with Gasteiger partial charge in [0.15, 0.2) is 0 Å². The van der Waals surface area contributed by atoms with Crippen LogP contribution in [0.25, 0.3) is 0 Å². The third-order valence-corrected chi connectivity index (χ3v) is 2.00. The largest absolute Gasteiger partial charge is 0.366 e. The highest BCUT2D eigenvalue weighted by molar-refractivity contribution is 5.94. The molecule has 0 radical (unpaired) electrons. The predicted molar refractivity (Wildman–Crippen MR) is 65.4 cm³/mol. The molecule has 3 heteroatoms. The number of amides is 1. The van der Waals surface area contributed by atoms with Gasteiger partial charge in [0.2, 0.25) is 5.91 Å². The Bertz CT molecular complexity index is 342. The predicted octanol–water partition coefficient (Wildman–Crippen LogP) is 2.80. The zero-order valence-corrected chi connectivity index (χ0v) is 10.2. The lowest BCUT2D eigenvalue weighted by Gasteiger charge is -2.19. The van der Waals surface area contributed by atoms with Crippen LogP contribution in [0.1, 0.15) is 36.7 Å². The maximum Gasteiger partial charge on any atom is 0.248 e. The van der Waals surface area contributed by atoms with Gasteiger partial charge in [0.1, 0.15) is 0 Å². The van der Waals surface area contributed by atoms with Crippen molar-refractivity contribution in [3.05, 3.63) is 35.4 Å². The monoisotopic (exact) mass is 227 g/mol. The van der Waals surface area contributed by atoms with Crippen LogP contribution in [0.15, 0.2) is 24.3 Å². The Kier molecular flexibility index (Phi) is 4.82. The molecule has 1 amide bonds. The van der Waals surface area contributed by atoms with Crippen LogP contribution >= 0.6 is 12.4 Å². The van der Waals surface area contributed by atoms with E-state index in [1.54, 1.807) is 6.07 Å². The van der Waals surface area contributed by atoms with Crippen molar-refractivity contribution in [1.82, 2.24) is 0 Å². The topological polar surface area (TPSA) is 43.1 Å². The number of benzene rings is 1. The summed E-state index contributed by atoms with van der Waals surface area (Å²) in [6.07, 6.45) is 0.867. The van der Waals surface area contributed by atoms with E-state index < -0.39 is 0 Å². The van der Waals surface area contributed by atoms with E-state index >= 15 is 0 Å². The fourth-order valence-corrected chi connectivity index (χ4v) is 1.49. The number of hydrogen-bond acceptors (Lipinski definition) is 1. The second-order valence-electron chi connectivity index (χ2n) is 4.76. The van der Waals surface area contributed by atoms with Crippen molar-refractivity contribution in [2.24, 2.45) is 11.1 Å². The first-order valence-electron chi connectivity index (χ1n) is 4.78. The second-order valence-corrected chi connectivity index (χ2v) is 4.76. The molecule has 15 heavy (non-hydrogen) atoms. The molecule has 84 valence electrons. The molecule has 0 aliphatic carbocycles. The van der Waals surface area contributed by atoms with Crippen LogP contribution < -0.4 is 5.73 Å². The van der Waals surface area contributed by atoms with Gasteiger partial charge in [0.05, 0.1) is 0 Å². The second kappa shape index (κ2) is 5.17. The minimum Gasteiger partial charge on any atom is -0.366 e. The Labute approximate surface area is 97.3 Å². The summed E-state index contributed by atoms with van der Waals surface area (Å²) in [5.41, 5.74) is 7.14. The molecule has 0 saturated heterocycles. The van der Waals surface area contributed by atoms with Crippen molar-refractivity contribution >= 4 is 18.3 Å². The van der Waals surface area contributed by atoms with Gasteiger partial charge in [-0.2, -0.15) is 0 Å². The highest BCUT2D eigenvalue weighted by Gasteiger charge is 2.15. The first-order chi connectivity index (χ1) is 6.40. The molecule has 0 spiro atoms. The summed E-state index contributed by atoms with van der Waals surface area (Å²) in [4.78, 5) is 11.1. The van der Waals surface area contributed by atoms with Gasteiger partial charge in [-0.1, -0.05) is 39.0 Å². The van der Waals surface area contributed by atoms with Gasteiger partial charge in [-0.3, -0.25) is 4.79 Å². The maximum atomic E-state index is 11.1. The van der Waals surface area contributed by atoms with Crippen LogP contribution in [0.5, 0.6) is 0 Å². The molecule has 0 fully saturated rings. The first-order valence-corrected chi connectivity index (χ1v) is 4.78. The molecule has 2 N–H and O–H groups in total. The van der Waals surface area contributed by atoms with Crippen molar-refractivity contribution in [3.63, 3.8) is 0 Å². The van der Waals surface area contributed by atoms with Gasteiger partial charge in [0, 0.05) is 5.56 Å². The van der Waals surface area contributed by atoms with Gasteiger partial charge in [0.25, 0.3) is 0 Å². The SMILES string of the molecule is CC(C)(C)Cc1ccccc1C(N)=O.Cl. The summed E-state index contributed by atoms with van der Waals surface area (Å²) >= 11 is 0. The lowest BCUT2D eigenvalue weighted by atomic mass is 9.86. The first kappa shape index (κ1) is 14.0. The van der Waals surface area contributed by atoms with Crippen LogP contribution in [0.2, 0.25) is 0 Å². The van der Waals surface area contributed by atoms with Gasteiger partial charge < -0.3 is 5.73 Å². The highest BCUT2D eigenvalue weighted by Crippen LogP contribution is 2.22. The summed E-state index contributed by atoms with van der Waals surface area (Å²) in [5.74, 6) is -0.343. The van der Waals surface area contributed by atoms with Gasteiger partial charge in [-0.15, -0.1) is 12.4 Å². The summed E-state index contributed by atoms with van der Waals surface area (Å²) in [6, 6.07) is 7.52. The quantitative estimate of drug-likeness (QED) is 0.830. The normalized spacial score (nSPS) is 10.6. The molecule has 1 aromatic carbocycles. The smallest absolute Gasteiger partial charge is 0.248 e. The highest BCUT2D eigenvalue weighted by atomic mass is 35.5. The number of nitrogens with two attached hydrogens (primary N) is 1. The van der Waals surface area contributed by atoms with Crippen LogP contribution in [0.3, 0.4) is 0 Å². The lowest BCUT2D eigenvalue weighted by molar-refractivity contribution is 0.0999. The number of primary amides is 1. The summed E-state index contributed by atoms with van der Waals surface area (Å²) in [7, 11) is 0. The standard InChI is InChI=1S/C12H17NO.ClH/c1-12(2,3)8-9-6-4-5-7-10(9)11(13)14;/h4-7H,8H2,1-3H3,(H2,13,14);1H. The molecule has 0 aromatic heterocycles. The van der Waals surface area contributed by atoms with E-state index in [4.69, 9.17) is 5.73 Å². The van der Waals surface area contributed by atoms with Crippen molar-refractivity contribution < 1.29 is 4.79 Å². The minimum absolute atomic E-state index is 0. The van der Waals surface area contributed by atoms with Crippen LogP contribution in [0, 0.1) is 5.41 Å². The Hall–Kier alpha value is -1.02. The number of halogens is 1. The van der Waals surface area contributed by atoms with E-state index in [-0.39, 0.29) is 23.7 Å². The number of carbonyl (C=O) groups is 1. The molecule has 1 aromatic rings. The van der Waals surface area contributed by atoms with E-state index in [1.165, 1.54) is 0 Å². The zero-order valence-electron chi connectivity index (χ0n) is 9.41. The minimum atomic E-state index is -0.343. The number of hydrogen-bond donors (Lipinski definition) is 1. The molecule has 0 atom stereocenters. The molecule has 1 rings (SSSR count). The molecule has 0 aliphatic heterocycles. The lowest BCUT2D eigenvalue weighted by Crippen LogP contribution is -2.17. The van der Waals surface area contributed by atoms with Crippen LogP contribution in [-0.2, 0) is 6.42 Å². The average molecular weight is 228 g/mol. The van der Waals surface area contributed by atoms with E-state index in [9.17, 15) is 4.79 Å². The molecular weight excluding hydrogens is 210 g/mol.